The lowest BCUT2D eigenvalue weighted by molar-refractivity contribution is -0.139. The first-order valence-electron chi connectivity index (χ1n) is 5.36. The van der Waals surface area contributed by atoms with E-state index < -0.39 is 0 Å². The van der Waals surface area contributed by atoms with Crippen LogP contribution in [0.5, 0.6) is 0 Å². The quantitative estimate of drug-likeness (QED) is 0.669. The molecule has 1 amide bonds. The minimum Gasteiger partial charge on any atom is -0.340 e. The maximum absolute atomic E-state index is 12.0. The van der Waals surface area contributed by atoms with E-state index in [1.807, 2.05) is 37.4 Å². The summed E-state index contributed by atoms with van der Waals surface area (Å²) in [5.74, 6) is 1.40. The van der Waals surface area contributed by atoms with Crippen LogP contribution < -0.4 is 0 Å². The van der Waals surface area contributed by atoms with Gasteiger partial charge in [-0.25, -0.2) is 0 Å². The third kappa shape index (κ3) is 2.91. The van der Waals surface area contributed by atoms with E-state index in [1.165, 1.54) is 6.42 Å². The molecule has 0 spiro atoms. The van der Waals surface area contributed by atoms with Gasteiger partial charge in [-0.2, -0.15) is 11.8 Å². The minimum absolute atomic E-state index is 0.222. The highest BCUT2D eigenvalue weighted by molar-refractivity contribution is 8.00. The van der Waals surface area contributed by atoms with Gasteiger partial charge < -0.3 is 4.90 Å². The molecule has 1 fully saturated rings. The molecule has 3 heteroatoms. The molecule has 1 heterocycles. The van der Waals surface area contributed by atoms with Crippen LogP contribution in [0.1, 0.15) is 34.1 Å². The Labute approximate surface area is 91.4 Å². The number of thioether (sulfide) groups is 1. The second-order valence-corrected chi connectivity index (χ2v) is 6.31. The highest BCUT2D eigenvalue weighted by atomic mass is 32.2. The summed E-state index contributed by atoms with van der Waals surface area (Å²) in [6.07, 6.45) is 1.17. The first-order valence-corrected chi connectivity index (χ1v) is 6.41. The zero-order valence-corrected chi connectivity index (χ0v) is 10.5. The normalized spacial score (nSPS) is 23.7. The molecule has 1 saturated heterocycles. The topological polar surface area (TPSA) is 20.3 Å². The maximum Gasteiger partial charge on any atom is 0.228 e. The van der Waals surface area contributed by atoms with Crippen molar-refractivity contribution in [3.8, 4) is 0 Å². The standard InChI is InChI=1S/C11H21NOS/c1-5-9-8-12(6-7-14-9)10(13)11(2,3)4/h9H,5-8H2,1-4H3. The van der Waals surface area contributed by atoms with E-state index in [1.54, 1.807) is 0 Å². The van der Waals surface area contributed by atoms with Crippen LogP contribution in [0.15, 0.2) is 0 Å². The highest BCUT2D eigenvalue weighted by Crippen LogP contribution is 2.25. The van der Waals surface area contributed by atoms with Crippen molar-refractivity contribution in [3.63, 3.8) is 0 Å². The van der Waals surface area contributed by atoms with E-state index in [0.717, 1.165) is 18.8 Å². The van der Waals surface area contributed by atoms with Crippen LogP contribution in [0.3, 0.4) is 0 Å². The zero-order valence-electron chi connectivity index (χ0n) is 9.67. The maximum atomic E-state index is 12.0. The molecule has 1 atom stereocenters. The lowest BCUT2D eigenvalue weighted by atomic mass is 9.94. The van der Waals surface area contributed by atoms with Crippen molar-refractivity contribution >= 4 is 17.7 Å². The molecule has 82 valence electrons. The number of hydrogen-bond acceptors (Lipinski definition) is 2. The summed E-state index contributed by atoms with van der Waals surface area (Å²) >= 11 is 2.00. The molecule has 0 aromatic rings. The van der Waals surface area contributed by atoms with Crippen LogP contribution in [0.2, 0.25) is 0 Å². The van der Waals surface area contributed by atoms with E-state index in [-0.39, 0.29) is 5.41 Å². The largest absolute Gasteiger partial charge is 0.340 e. The fourth-order valence-corrected chi connectivity index (χ4v) is 2.81. The summed E-state index contributed by atoms with van der Waals surface area (Å²) in [7, 11) is 0. The van der Waals surface area contributed by atoms with Crippen LogP contribution in [-0.2, 0) is 4.79 Å². The lowest BCUT2D eigenvalue weighted by Crippen LogP contribution is -2.46. The number of rotatable bonds is 1. The number of carbonyl (C=O) groups excluding carboxylic acids is 1. The minimum atomic E-state index is -0.222. The number of carbonyl (C=O) groups is 1. The Bertz CT molecular complexity index is 210. The second-order valence-electron chi connectivity index (χ2n) is 4.90. The van der Waals surface area contributed by atoms with Crippen molar-refractivity contribution in [1.29, 1.82) is 0 Å². The second kappa shape index (κ2) is 4.56. The fourth-order valence-electron chi connectivity index (χ4n) is 1.63. The summed E-state index contributed by atoms with van der Waals surface area (Å²) in [5.41, 5.74) is -0.222. The molecule has 1 rings (SSSR count). The smallest absolute Gasteiger partial charge is 0.228 e. The van der Waals surface area contributed by atoms with Crippen molar-refractivity contribution in [1.82, 2.24) is 4.90 Å². The monoisotopic (exact) mass is 215 g/mol. The van der Waals surface area contributed by atoms with E-state index in [0.29, 0.717) is 11.2 Å². The zero-order chi connectivity index (χ0) is 10.8. The van der Waals surface area contributed by atoms with Crippen molar-refractivity contribution in [2.45, 2.75) is 39.4 Å². The summed E-state index contributed by atoms with van der Waals surface area (Å²) in [4.78, 5) is 14.0. The summed E-state index contributed by atoms with van der Waals surface area (Å²) in [5, 5.41) is 0.648. The number of hydrogen-bond donors (Lipinski definition) is 0. The van der Waals surface area contributed by atoms with Crippen molar-refractivity contribution in [2.75, 3.05) is 18.8 Å². The fraction of sp³-hybridized carbons (Fsp3) is 0.909. The van der Waals surface area contributed by atoms with Crippen molar-refractivity contribution in [2.24, 2.45) is 5.41 Å². The Morgan fingerprint density at radius 2 is 2.14 bits per heavy atom. The van der Waals surface area contributed by atoms with Gasteiger partial charge in [-0.3, -0.25) is 4.79 Å². The van der Waals surface area contributed by atoms with Gasteiger partial charge in [0, 0.05) is 29.5 Å². The van der Waals surface area contributed by atoms with Gasteiger partial charge in [0.25, 0.3) is 0 Å². The van der Waals surface area contributed by atoms with Crippen LogP contribution in [-0.4, -0.2) is 34.9 Å². The molecule has 1 unspecified atom stereocenters. The highest BCUT2D eigenvalue weighted by Gasteiger charge is 2.30. The molecule has 0 radical (unpaired) electrons. The predicted molar refractivity (Wildman–Crippen MR) is 62.6 cm³/mol. The Balaban J connectivity index is 2.56. The Hall–Kier alpha value is -0.180. The lowest BCUT2D eigenvalue weighted by Gasteiger charge is -2.35. The first kappa shape index (κ1) is 11.9. The van der Waals surface area contributed by atoms with E-state index in [9.17, 15) is 4.79 Å². The van der Waals surface area contributed by atoms with Gasteiger partial charge in [-0.05, 0) is 6.42 Å². The summed E-state index contributed by atoms with van der Waals surface area (Å²) in [6.45, 7) is 10.1. The Kier molecular flexibility index (Phi) is 3.87. The van der Waals surface area contributed by atoms with Crippen LogP contribution >= 0.6 is 11.8 Å². The van der Waals surface area contributed by atoms with Gasteiger partial charge in [0.15, 0.2) is 0 Å². The van der Waals surface area contributed by atoms with Crippen molar-refractivity contribution < 1.29 is 4.79 Å². The van der Waals surface area contributed by atoms with Crippen LogP contribution in [0, 0.1) is 5.41 Å². The predicted octanol–water partition coefficient (Wildman–Crippen LogP) is 2.39. The summed E-state index contributed by atoms with van der Waals surface area (Å²) < 4.78 is 0. The van der Waals surface area contributed by atoms with Crippen molar-refractivity contribution in [3.05, 3.63) is 0 Å². The molecule has 0 N–H and O–H groups in total. The van der Waals surface area contributed by atoms with Crippen LogP contribution in [0.25, 0.3) is 0 Å². The average Bonchev–Trinajstić information content (AvgIpc) is 2.15. The molecule has 0 aromatic carbocycles. The molecule has 0 bridgehead atoms. The molecule has 1 aliphatic heterocycles. The van der Waals surface area contributed by atoms with Gasteiger partial charge in [-0.1, -0.05) is 27.7 Å². The summed E-state index contributed by atoms with van der Waals surface area (Å²) in [6, 6.07) is 0. The van der Waals surface area contributed by atoms with Gasteiger partial charge in [-0.15, -0.1) is 0 Å². The first-order chi connectivity index (χ1) is 6.45. The van der Waals surface area contributed by atoms with Gasteiger partial charge in [0.1, 0.15) is 0 Å². The van der Waals surface area contributed by atoms with Gasteiger partial charge in [0.2, 0.25) is 5.91 Å². The Morgan fingerprint density at radius 3 is 2.64 bits per heavy atom. The molecule has 0 aromatic heterocycles. The molecular formula is C11H21NOS. The molecule has 0 saturated carbocycles. The van der Waals surface area contributed by atoms with E-state index in [2.05, 4.69) is 6.92 Å². The SMILES string of the molecule is CCC1CN(C(=O)C(C)(C)C)CCS1. The number of nitrogens with zero attached hydrogens (tertiary/aromatic N) is 1. The molecule has 14 heavy (non-hydrogen) atoms. The van der Waals surface area contributed by atoms with E-state index >= 15 is 0 Å². The van der Waals surface area contributed by atoms with Gasteiger partial charge in [0.05, 0.1) is 0 Å². The molecular weight excluding hydrogens is 194 g/mol. The third-order valence-corrected chi connectivity index (χ3v) is 3.90. The van der Waals surface area contributed by atoms with E-state index in [4.69, 9.17) is 0 Å². The average molecular weight is 215 g/mol. The van der Waals surface area contributed by atoms with Crippen LogP contribution in [0.4, 0.5) is 0 Å². The third-order valence-electron chi connectivity index (χ3n) is 2.52. The number of amides is 1. The van der Waals surface area contributed by atoms with Gasteiger partial charge >= 0.3 is 0 Å². The molecule has 2 nitrogen and oxygen atoms in total. The Morgan fingerprint density at radius 1 is 1.50 bits per heavy atom. The molecule has 0 aliphatic carbocycles. The molecule has 1 aliphatic rings.